The molecule has 11 nitrogen and oxygen atoms in total. The van der Waals surface area contributed by atoms with Crippen LogP contribution in [0.3, 0.4) is 0 Å². The molecule has 3 aromatic rings. The van der Waals surface area contributed by atoms with Crippen molar-refractivity contribution in [3.63, 3.8) is 0 Å². The van der Waals surface area contributed by atoms with E-state index in [0.29, 0.717) is 28.5 Å². The number of ether oxygens (including phenoxy) is 3. The molecule has 0 aliphatic heterocycles. The lowest BCUT2D eigenvalue weighted by atomic mass is 10.0. The highest BCUT2D eigenvalue weighted by Gasteiger charge is 2.38. The van der Waals surface area contributed by atoms with E-state index in [-0.39, 0.29) is 22.3 Å². The molecule has 1 aromatic heterocycles. The zero-order valence-electron chi connectivity index (χ0n) is 21.9. The number of nitrogens with one attached hydrogen (secondary N) is 1. The smallest absolute Gasteiger partial charge is 0.273 e. The molecular formula is C27H31N5O6S. The first-order valence-electron chi connectivity index (χ1n) is 12.3. The number of nitrogens with two attached hydrogens (primary N) is 2. The lowest BCUT2D eigenvalue weighted by molar-refractivity contribution is -0.123. The largest absolute Gasteiger partial charge is 0.493 e. The van der Waals surface area contributed by atoms with Gasteiger partial charge in [-0.05, 0) is 54.2 Å². The molecule has 1 fully saturated rings. The van der Waals surface area contributed by atoms with E-state index >= 15 is 0 Å². The predicted octanol–water partition coefficient (Wildman–Crippen LogP) is 3.30. The van der Waals surface area contributed by atoms with E-state index in [0.717, 1.165) is 37.2 Å². The van der Waals surface area contributed by atoms with Crippen LogP contribution in [0, 0.1) is 0 Å². The minimum Gasteiger partial charge on any atom is -0.493 e. The number of hydrogen-bond acceptors (Lipinski definition) is 9. The number of aromatic nitrogens is 1. The lowest BCUT2D eigenvalue weighted by Gasteiger charge is -2.32. The maximum absolute atomic E-state index is 14.2. The van der Waals surface area contributed by atoms with E-state index in [1.807, 2.05) is 0 Å². The van der Waals surface area contributed by atoms with Gasteiger partial charge in [0.2, 0.25) is 11.7 Å². The van der Waals surface area contributed by atoms with Crippen LogP contribution in [-0.4, -0.2) is 49.5 Å². The molecule has 0 bridgehead atoms. The molecule has 1 aliphatic rings. The second-order valence-electron chi connectivity index (χ2n) is 9.00. The van der Waals surface area contributed by atoms with Crippen molar-refractivity contribution in [3.8, 4) is 17.2 Å². The SMILES string of the molecule is COc1cc([C@@H](C(=O)NC2CCCC2)N(C(=O)c2snc(C(N)=O)c2N)c2ccccc2)cc(OC)c1OC. The summed E-state index contributed by atoms with van der Waals surface area (Å²) in [6.45, 7) is 0. The van der Waals surface area contributed by atoms with Crippen LogP contribution in [0.25, 0.3) is 0 Å². The first-order chi connectivity index (χ1) is 18.8. The molecule has 39 heavy (non-hydrogen) atoms. The second-order valence-corrected chi connectivity index (χ2v) is 9.77. The maximum Gasteiger partial charge on any atom is 0.273 e. The molecule has 12 heteroatoms. The fourth-order valence-corrected chi connectivity index (χ4v) is 5.48. The summed E-state index contributed by atoms with van der Waals surface area (Å²) in [4.78, 5) is 41.4. The van der Waals surface area contributed by atoms with Crippen molar-refractivity contribution in [3.05, 3.63) is 58.6 Å². The van der Waals surface area contributed by atoms with Crippen LogP contribution < -0.4 is 35.9 Å². The van der Waals surface area contributed by atoms with Crippen LogP contribution in [0.4, 0.5) is 11.4 Å². The molecule has 0 spiro atoms. The fraction of sp³-hybridized carbons (Fsp3) is 0.333. The number of hydrogen-bond donors (Lipinski definition) is 3. The van der Waals surface area contributed by atoms with Crippen LogP contribution in [-0.2, 0) is 4.79 Å². The van der Waals surface area contributed by atoms with Gasteiger partial charge in [0.05, 0.1) is 27.0 Å². The number of rotatable bonds is 10. The van der Waals surface area contributed by atoms with Crippen molar-refractivity contribution in [2.75, 3.05) is 32.0 Å². The Morgan fingerprint density at radius 1 is 1.03 bits per heavy atom. The van der Waals surface area contributed by atoms with Gasteiger partial charge in [0, 0.05) is 11.7 Å². The zero-order valence-corrected chi connectivity index (χ0v) is 22.7. The van der Waals surface area contributed by atoms with E-state index in [1.165, 1.54) is 26.2 Å². The van der Waals surface area contributed by atoms with Gasteiger partial charge in [-0.1, -0.05) is 31.0 Å². The van der Waals surface area contributed by atoms with Crippen LogP contribution in [0.2, 0.25) is 0 Å². The van der Waals surface area contributed by atoms with Gasteiger partial charge in [-0.15, -0.1) is 0 Å². The number of anilines is 2. The van der Waals surface area contributed by atoms with E-state index < -0.39 is 23.8 Å². The number of benzene rings is 2. The van der Waals surface area contributed by atoms with Crippen LogP contribution in [0.15, 0.2) is 42.5 Å². The third-order valence-electron chi connectivity index (χ3n) is 6.62. The van der Waals surface area contributed by atoms with Crippen LogP contribution in [0.5, 0.6) is 17.2 Å². The highest BCUT2D eigenvalue weighted by atomic mass is 32.1. The van der Waals surface area contributed by atoms with Crippen LogP contribution in [0.1, 0.15) is 57.4 Å². The predicted molar refractivity (Wildman–Crippen MR) is 148 cm³/mol. The highest BCUT2D eigenvalue weighted by Crippen LogP contribution is 2.42. The molecule has 4 rings (SSSR count). The Labute approximate surface area is 230 Å². The molecule has 1 aliphatic carbocycles. The average Bonchev–Trinajstić information content (AvgIpc) is 3.60. The van der Waals surface area contributed by atoms with Crippen molar-refractivity contribution < 1.29 is 28.6 Å². The molecule has 206 valence electrons. The molecule has 3 amide bonds. The van der Waals surface area contributed by atoms with Crippen LogP contribution >= 0.6 is 11.5 Å². The van der Waals surface area contributed by atoms with Gasteiger partial charge < -0.3 is 31.0 Å². The molecule has 5 N–H and O–H groups in total. The van der Waals surface area contributed by atoms with Crippen molar-refractivity contribution in [2.24, 2.45) is 5.73 Å². The molecule has 0 saturated heterocycles. The molecular weight excluding hydrogens is 522 g/mol. The van der Waals surface area contributed by atoms with E-state index in [1.54, 1.807) is 42.5 Å². The number of amides is 3. The summed E-state index contributed by atoms with van der Waals surface area (Å²) in [6, 6.07) is 10.8. The number of para-hydroxylation sites is 1. The summed E-state index contributed by atoms with van der Waals surface area (Å²) >= 11 is 0.746. The van der Waals surface area contributed by atoms with Gasteiger partial charge in [-0.25, -0.2) is 0 Å². The van der Waals surface area contributed by atoms with Crippen molar-refractivity contribution in [1.29, 1.82) is 0 Å². The summed E-state index contributed by atoms with van der Waals surface area (Å²) in [5.74, 6) is -0.891. The molecule has 1 atom stereocenters. The Hall–Kier alpha value is -4.32. The van der Waals surface area contributed by atoms with Gasteiger partial charge in [-0.2, -0.15) is 4.37 Å². The summed E-state index contributed by atoms with van der Waals surface area (Å²) in [6.07, 6.45) is 3.70. The Morgan fingerprint density at radius 2 is 1.64 bits per heavy atom. The van der Waals surface area contributed by atoms with Gasteiger partial charge in [-0.3, -0.25) is 19.3 Å². The standard InChI is InChI=1S/C27H31N5O6S/c1-36-18-13-15(14-19(37-2)23(18)38-3)22(26(34)30-16-9-7-8-10-16)32(17-11-5-4-6-12-17)27(35)24-20(28)21(25(29)33)31-39-24/h4-6,11-14,16,22H,7-10,28H2,1-3H3,(H2,29,33)(H,30,34)/t22-/m0/s1. The van der Waals surface area contributed by atoms with Gasteiger partial charge in [0.15, 0.2) is 17.2 Å². The summed E-state index contributed by atoms with van der Waals surface area (Å²) < 4.78 is 20.5. The molecule has 0 radical (unpaired) electrons. The topological polar surface area (TPSA) is 159 Å². The molecule has 1 heterocycles. The Kier molecular flexibility index (Phi) is 8.55. The lowest BCUT2D eigenvalue weighted by Crippen LogP contribution is -2.46. The quantitative estimate of drug-likeness (QED) is 0.345. The Balaban J connectivity index is 1.92. The monoisotopic (exact) mass is 553 g/mol. The normalized spacial score (nSPS) is 13.9. The van der Waals surface area contributed by atoms with E-state index in [2.05, 4.69) is 9.69 Å². The van der Waals surface area contributed by atoms with E-state index in [9.17, 15) is 14.4 Å². The number of nitrogen functional groups attached to an aromatic ring is 1. The van der Waals surface area contributed by atoms with Crippen molar-refractivity contribution >= 4 is 40.6 Å². The minimum atomic E-state index is -1.17. The average molecular weight is 554 g/mol. The fourth-order valence-electron chi connectivity index (χ4n) is 4.74. The van der Waals surface area contributed by atoms with Gasteiger partial charge in [0.25, 0.3) is 11.8 Å². The number of carbonyl (C=O) groups excluding carboxylic acids is 3. The third-order valence-corrected chi connectivity index (χ3v) is 7.47. The Bertz CT molecular complexity index is 1330. The van der Waals surface area contributed by atoms with Gasteiger partial charge >= 0.3 is 0 Å². The summed E-state index contributed by atoms with van der Waals surface area (Å²) in [7, 11) is 4.42. The summed E-state index contributed by atoms with van der Waals surface area (Å²) in [5, 5.41) is 3.11. The number of primary amides is 1. The first-order valence-corrected chi connectivity index (χ1v) is 13.1. The molecule has 0 unspecified atom stereocenters. The van der Waals surface area contributed by atoms with Crippen molar-refractivity contribution in [1.82, 2.24) is 9.69 Å². The molecule has 2 aromatic carbocycles. The molecule has 1 saturated carbocycles. The second kappa shape index (κ2) is 12.0. The third kappa shape index (κ3) is 5.60. The number of nitrogens with zero attached hydrogens (tertiary/aromatic N) is 2. The van der Waals surface area contributed by atoms with Gasteiger partial charge in [0.1, 0.15) is 10.9 Å². The zero-order chi connectivity index (χ0) is 28.1. The summed E-state index contributed by atoms with van der Waals surface area (Å²) in [5.41, 5.74) is 12.0. The number of methoxy groups -OCH3 is 3. The Morgan fingerprint density at radius 3 is 2.15 bits per heavy atom. The number of carbonyl (C=O) groups is 3. The van der Waals surface area contributed by atoms with E-state index in [4.69, 9.17) is 25.7 Å². The van der Waals surface area contributed by atoms with Crippen molar-refractivity contribution in [2.45, 2.75) is 37.8 Å². The highest BCUT2D eigenvalue weighted by molar-refractivity contribution is 7.09. The first kappa shape index (κ1) is 27.7. The maximum atomic E-state index is 14.2. The minimum absolute atomic E-state index is 0.0150.